The largest absolute Gasteiger partial charge is 0.326 e. The van der Waals surface area contributed by atoms with Crippen molar-refractivity contribution in [2.24, 2.45) is 5.92 Å². The zero-order chi connectivity index (χ0) is 12.1. The first kappa shape index (κ1) is 12.7. The number of carbonyl (C=O) groups is 1. The summed E-state index contributed by atoms with van der Waals surface area (Å²) < 4.78 is 0.980. The van der Waals surface area contributed by atoms with Crippen LogP contribution in [0.4, 0.5) is 5.69 Å². The zero-order valence-electron chi connectivity index (χ0n) is 9.25. The summed E-state index contributed by atoms with van der Waals surface area (Å²) in [6.45, 7) is 3.67. The maximum Gasteiger partial charge on any atom is 0.228 e. The lowest BCUT2D eigenvalue weighted by molar-refractivity contribution is -0.119. The Kier molecular flexibility index (Phi) is 4.51. The number of carbonyl (C=O) groups excluding carboxylic acids is 1. The maximum atomic E-state index is 11.7. The average molecular weight is 281 g/mol. The van der Waals surface area contributed by atoms with Crippen LogP contribution in [0.25, 0.3) is 0 Å². The van der Waals surface area contributed by atoms with E-state index in [2.05, 4.69) is 21.2 Å². The lowest BCUT2D eigenvalue weighted by Gasteiger charge is -2.11. The molecule has 0 saturated heterocycles. The molecule has 4 heteroatoms. The lowest BCUT2D eigenvalue weighted by Crippen LogP contribution is -2.20. The van der Waals surface area contributed by atoms with Crippen LogP contribution in [0, 0.1) is 24.2 Å². The molecule has 1 N–H and O–H groups in total. The van der Waals surface area contributed by atoms with Crippen molar-refractivity contribution in [1.29, 1.82) is 5.26 Å². The van der Waals surface area contributed by atoms with Gasteiger partial charge in [0, 0.05) is 22.5 Å². The number of amides is 1. The molecule has 0 aliphatic carbocycles. The summed E-state index contributed by atoms with van der Waals surface area (Å²) in [5.74, 6) is -0.403. The molecular weight excluding hydrogens is 268 g/mol. The topological polar surface area (TPSA) is 52.9 Å². The van der Waals surface area contributed by atoms with E-state index in [9.17, 15) is 4.79 Å². The maximum absolute atomic E-state index is 11.7. The van der Waals surface area contributed by atoms with Crippen molar-refractivity contribution in [2.75, 3.05) is 5.32 Å². The Balaban J connectivity index is 2.74. The van der Waals surface area contributed by atoms with E-state index in [-0.39, 0.29) is 18.2 Å². The molecule has 84 valence electrons. The van der Waals surface area contributed by atoms with Crippen LogP contribution >= 0.6 is 15.9 Å². The van der Waals surface area contributed by atoms with Crippen molar-refractivity contribution in [3.05, 3.63) is 28.2 Å². The van der Waals surface area contributed by atoms with Gasteiger partial charge in [-0.15, -0.1) is 0 Å². The minimum atomic E-state index is -0.284. The van der Waals surface area contributed by atoms with E-state index in [1.165, 1.54) is 0 Å². The van der Waals surface area contributed by atoms with Gasteiger partial charge in [0.1, 0.15) is 0 Å². The second-order valence-corrected chi connectivity index (χ2v) is 4.63. The molecule has 0 radical (unpaired) electrons. The third kappa shape index (κ3) is 3.35. The molecule has 1 unspecified atom stereocenters. The number of hydrogen-bond acceptors (Lipinski definition) is 2. The van der Waals surface area contributed by atoms with Crippen molar-refractivity contribution < 1.29 is 4.79 Å². The summed E-state index contributed by atoms with van der Waals surface area (Å²) in [6.07, 6.45) is 0.238. The van der Waals surface area contributed by atoms with Gasteiger partial charge in [0.2, 0.25) is 5.91 Å². The van der Waals surface area contributed by atoms with Crippen LogP contribution in [0.5, 0.6) is 0 Å². The summed E-state index contributed by atoms with van der Waals surface area (Å²) in [5, 5.41) is 11.3. The highest BCUT2D eigenvalue weighted by molar-refractivity contribution is 9.10. The Hall–Kier alpha value is -1.34. The first-order chi connectivity index (χ1) is 7.54. The molecule has 0 aromatic heterocycles. The summed E-state index contributed by atoms with van der Waals surface area (Å²) in [6, 6.07) is 7.64. The van der Waals surface area contributed by atoms with E-state index >= 15 is 0 Å². The van der Waals surface area contributed by atoms with Crippen LogP contribution in [0.15, 0.2) is 22.7 Å². The first-order valence-corrected chi connectivity index (χ1v) is 5.78. The molecule has 1 rings (SSSR count). The van der Waals surface area contributed by atoms with Gasteiger partial charge in [-0.1, -0.05) is 22.9 Å². The highest BCUT2D eigenvalue weighted by Crippen LogP contribution is 2.20. The Morgan fingerprint density at radius 3 is 2.88 bits per heavy atom. The number of rotatable bonds is 3. The van der Waals surface area contributed by atoms with Crippen LogP contribution in [0.1, 0.15) is 18.9 Å². The molecule has 0 aliphatic rings. The van der Waals surface area contributed by atoms with E-state index in [4.69, 9.17) is 5.26 Å². The molecule has 3 nitrogen and oxygen atoms in total. The quantitative estimate of drug-likeness (QED) is 0.924. The molecule has 0 fully saturated rings. The van der Waals surface area contributed by atoms with Gasteiger partial charge in [0.25, 0.3) is 0 Å². The lowest BCUT2D eigenvalue weighted by atomic mass is 10.1. The molecule has 1 aromatic rings. The Labute approximate surface area is 104 Å². The highest BCUT2D eigenvalue weighted by Gasteiger charge is 2.13. The normalized spacial score (nSPS) is 11.6. The van der Waals surface area contributed by atoms with E-state index in [1.807, 2.05) is 31.2 Å². The smallest absolute Gasteiger partial charge is 0.228 e. The van der Waals surface area contributed by atoms with Gasteiger partial charge in [0.15, 0.2) is 0 Å². The molecule has 16 heavy (non-hydrogen) atoms. The van der Waals surface area contributed by atoms with E-state index < -0.39 is 0 Å². The van der Waals surface area contributed by atoms with Gasteiger partial charge >= 0.3 is 0 Å². The van der Waals surface area contributed by atoms with Gasteiger partial charge in [0.05, 0.1) is 6.07 Å². The molecular formula is C12H13BrN2O. The Morgan fingerprint density at radius 1 is 1.62 bits per heavy atom. The second kappa shape index (κ2) is 5.66. The number of hydrogen-bond donors (Lipinski definition) is 1. The first-order valence-electron chi connectivity index (χ1n) is 4.98. The fraction of sp³-hybridized carbons (Fsp3) is 0.333. The van der Waals surface area contributed by atoms with E-state index in [1.54, 1.807) is 6.92 Å². The number of halogens is 1. The summed E-state index contributed by atoms with van der Waals surface area (Å²) in [7, 11) is 0. The van der Waals surface area contributed by atoms with Crippen LogP contribution in [-0.2, 0) is 4.79 Å². The number of anilines is 1. The SMILES string of the molecule is Cc1cc(Br)ccc1NC(=O)C(C)CC#N. The molecule has 0 spiro atoms. The Morgan fingerprint density at radius 2 is 2.31 bits per heavy atom. The third-order valence-electron chi connectivity index (χ3n) is 2.29. The number of nitrogens with zero attached hydrogens (tertiary/aromatic N) is 1. The molecule has 0 saturated carbocycles. The molecule has 1 atom stereocenters. The summed E-state index contributed by atoms with van der Waals surface area (Å²) in [4.78, 5) is 11.7. The minimum absolute atomic E-state index is 0.119. The van der Waals surface area contributed by atoms with Crippen LogP contribution < -0.4 is 5.32 Å². The number of nitrogens with one attached hydrogen (secondary N) is 1. The summed E-state index contributed by atoms with van der Waals surface area (Å²) in [5.41, 5.74) is 1.78. The van der Waals surface area contributed by atoms with Gasteiger partial charge in [-0.05, 0) is 30.7 Å². The van der Waals surface area contributed by atoms with Gasteiger partial charge in [-0.3, -0.25) is 4.79 Å². The standard InChI is InChI=1S/C12H13BrN2O/c1-8(5-6-14)12(16)15-11-4-3-10(13)7-9(11)2/h3-4,7-8H,5H2,1-2H3,(H,15,16). The minimum Gasteiger partial charge on any atom is -0.326 e. The molecule has 1 aromatic carbocycles. The van der Waals surface area contributed by atoms with Crippen LogP contribution in [0.3, 0.4) is 0 Å². The fourth-order valence-corrected chi connectivity index (χ4v) is 1.73. The molecule has 0 bridgehead atoms. The molecule has 1 amide bonds. The van der Waals surface area contributed by atoms with Gasteiger partial charge in [-0.25, -0.2) is 0 Å². The predicted octanol–water partition coefficient (Wildman–Crippen LogP) is 3.25. The van der Waals surface area contributed by atoms with Gasteiger partial charge in [-0.2, -0.15) is 5.26 Å². The fourth-order valence-electron chi connectivity index (χ4n) is 1.25. The predicted molar refractivity (Wildman–Crippen MR) is 66.9 cm³/mol. The van der Waals surface area contributed by atoms with Crippen molar-refractivity contribution in [1.82, 2.24) is 0 Å². The number of aryl methyl sites for hydroxylation is 1. The van der Waals surface area contributed by atoms with Crippen molar-refractivity contribution in [3.8, 4) is 6.07 Å². The van der Waals surface area contributed by atoms with Gasteiger partial charge < -0.3 is 5.32 Å². The van der Waals surface area contributed by atoms with E-state index in [0.717, 1.165) is 15.7 Å². The third-order valence-corrected chi connectivity index (χ3v) is 2.78. The number of nitriles is 1. The van der Waals surface area contributed by atoms with Crippen molar-refractivity contribution >= 4 is 27.5 Å². The Bertz CT molecular complexity index is 437. The van der Waals surface area contributed by atoms with Crippen molar-refractivity contribution in [3.63, 3.8) is 0 Å². The molecule has 0 heterocycles. The van der Waals surface area contributed by atoms with E-state index in [0.29, 0.717) is 0 Å². The van der Waals surface area contributed by atoms with Crippen LogP contribution in [-0.4, -0.2) is 5.91 Å². The monoisotopic (exact) mass is 280 g/mol. The summed E-state index contributed by atoms with van der Waals surface area (Å²) >= 11 is 3.36. The second-order valence-electron chi connectivity index (χ2n) is 3.71. The number of benzene rings is 1. The van der Waals surface area contributed by atoms with Crippen molar-refractivity contribution in [2.45, 2.75) is 20.3 Å². The zero-order valence-corrected chi connectivity index (χ0v) is 10.8. The molecule has 0 aliphatic heterocycles. The van der Waals surface area contributed by atoms with Crippen LogP contribution in [0.2, 0.25) is 0 Å². The average Bonchev–Trinajstić information content (AvgIpc) is 2.22. The highest BCUT2D eigenvalue weighted by atomic mass is 79.9.